The second kappa shape index (κ2) is 3.43. The van der Waals surface area contributed by atoms with Gasteiger partial charge in [0.25, 0.3) is 0 Å². The highest BCUT2D eigenvalue weighted by Gasteiger charge is 2.15. The molecule has 14 heavy (non-hydrogen) atoms. The Morgan fingerprint density at radius 1 is 1.36 bits per heavy atom. The summed E-state index contributed by atoms with van der Waals surface area (Å²) in [6.45, 7) is 4.02. The second-order valence-electron chi connectivity index (χ2n) is 3.04. The lowest BCUT2D eigenvalue weighted by Gasteiger charge is -1.95. The molecule has 0 aliphatic carbocycles. The van der Waals surface area contributed by atoms with Crippen molar-refractivity contribution in [1.82, 2.24) is 19.1 Å². The van der Waals surface area contributed by atoms with Crippen LogP contribution in [0.3, 0.4) is 0 Å². The van der Waals surface area contributed by atoms with E-state index < -0.39 is 0 Å². The van der Waals surface area contributed by atoms with Crippen LogP contribution in [0.4, 0.5) is 0 Å². The Balaban J connectivity index is 2.61. The first kappa shape index (κ1) is 9.79. The van der Waals surface area contributed by atoms with Gasteiger partial charge in [0.05, 0.1) is 11.3 Å². The van der Waals surface area contributed by atoms with Crippen molar-refractivity contribution in [1.29, 1.82) is 0 Å². The Labute approximate surface area is 94.3 Å². The Kier molecular flexibility index (Phi) is 2.40. The van der Waals surface area contributed by atoms with Crippen molar-refractivity contribution in [2.75, 3.05) is 0 Å². The fraction of sp³-hybridized carbons (Fsp3) is 0.375. The van der Waals surface area contributed by atoms with Crippen LogP contribution in [0.15, 0.2) is 4.73 Å². The molecule has 0 aliphatic heterocycles. The maximum absolute atomic E-state index is 4.34. The van der Waals surface area contributed by atoms with E-state index in [1.807, 2.05) is 25.6 Å². The number of nitrogens with zero attached hydrogens (tertiary/aromatic N) is 4. The van der Waals surface area contributed by atoms with E-state index in [4.69, 9.17) is 0 Å². The molecule has 0 spiro atoms. The number of halogens is 1. The fourth-order valence-corrected chi connectivity index (χ4v) is 2.62. The highest BCUT2D eigenvalue weighted by Crippen LogP contribution is 2.28. The molecule has 0 saturated heterocycles. The number of hydrogen-bond donors (Lipinski definition) is 0. The Morgan fingerprint density at radius 3 is 2.50 bits per heavy atom. The largest absolute Gasteiger partial charge is 0.272 e. The molecule has 0 unspecified atom stereocenters. The molecular weight excluding hydrogens is 264 g/mol. The van der Waals surface area contributed by atoms with E-state index in [1.54, 1.807) is 0 Å². The summed E-state index contributed by atoms with van der Waals surface area (Å²) >= 11 is 4.63. The highest BCUT2D eigenvalue weighted by molar-refractivity contribution is 9.10. The molecule has 0 amide bonds. The predicted molar refractivity (Wildman–Crippen MR) is 59.3 cm³/mol. The van der Waals surface area contributed by atoms with E-state index in [1.165, 1.54) is 11.5 Å². The monoisotopic (exact) mass is 272 g/mol. The number of aryl methyl sites for hydroxylation is 2. The average molecular weight is 273 g/mol. The number of rotatable bonds is 1. The van der Waals surface area contributed by atoms with Gasteiger partial charge in [-0.05, 0) is 41.3 Å². The maximum Gasteiger partial charge on any atom is 0.209 e. The van der Waals surface area contributed by atoms with Gasteiger partial charge in [0.1, 0.15) is 5.01 Å². The van der Waals surface area contributed by atoms with Crippen molar-refractivity contribution in [2.24, 2.45) is 7.05 Å². The first-order valence-corrected chi connectivity index (χ1v) is 5.66. The SMILES string of the molecule is Cc1nn(C)c(C)c1-c1nc(Br)ns1. The van der Waals surface area contributed by atoms with Crippen molar-refractivity contribution in [2.45, 2.75) is 13.8 Å². The van der Waals surface area contributed by atoms with Crippen LogP contribution in [0.5, 0.6) is 0 Å². The van der Waals surface area contributed by atoms with Crippen LogP contribution < -0.4 is 0 Å². The quantitative estimate of drug-likeness (QED) is 0.800. The normalized spacial score (nSPS) is 10.9. The van der Waals surface area contributed by atoms with E-state index in [9.17, 15) is 0 Å². The molecule has 0 bridgehead atoms. The molecule has 0 fully saturated rings. The lowest BCUT2D eigenvalue weighted by Crippen LogP contribution is -1.92. The Bertz CT molecular complexity index is 474. The average Bonchev–Trinajstić information content (AvgIpc) is 2.60. The van der Waals surface area contributed by atoms with Gasteiger partial charge >= 0.3 is 0 Å². The summed E-state index contributed by atoms with van der Waals surface area (Å²) in [4.78, 5) is 4.29. The van der Waals surface area contributed by atoms with Gasteiger partial charge < -0.3 is 0 Å². The van der Waals surface area contributed by atoms with Gasteiger partial charge in [-0.15, -0.1) is 0 Å². The zero-order valence-corrected chi connectivity index (χ0v) is 10.5. The third-order valence-corrected chi connectivity index (χ3v) is 3.45. The number of hydrogen-bond acceptors (Lipinski definition) is 4. The molecule has 6 heteroatoms. The van der Waals surface area contributed by atoms with Crippen LogP contribution in [0.1, 0.15) is 11.4 Å². The summed E-state index contributed by atoms with van der Waals surface area (Å²) in [5, 5.41) is 5.25. The van der Waals surface area contributed by atoms with Crippen molar-refractivity contribution in [3.63, 3.8) is 0 Å². The molecular formula is C8H9BrN4S. The standard InChI is InChI=1S/C8H9BrN4S/c1-4-6(5(2)13(3)11-4)7-10-8(9)12-14-7/h1-3H3. The lowest BCUT2D eigenvalue weighted by atomic mass is 10.2. The van der Waals surface area contributed by atoms with E-state index >= 15 is 0 Å². The van der Waals surface area contributed by atoms with Crippen LogP contribution in [0.2, 0.25) is 0 Å². The van der Waals surface area contributed by atoms with Crippen molar-refractivity contribution in [3.8, 4) is 10.6 Å². The minimum Gasteiger partial charge on any atom is -0.272 e. The lowest BCUT2D eigenvalue weighted by molar-refractivity contribution is 0.731. The molecule has 0 atom stereocenters. The van der Waals surface area contributed by atoms with Crippen LogP contribution in [0, 0.1) is 13.8 Å². The van der Waals surface area contributed by atoms with Gasteiger partial charge in [0.15, 0.2) is 0 Å². The zero-order valence-electron chi connectivity index (χ0n) is 8.08. The van der Waals surface area contributed by atoms with Gasteiger partial charge in [-0.3, -0.25) is 4.68 Å². The van der Waals surface area contributed by atoms with E-state index in [0.717, 1.165) is 22.0 Å². The summed E-state index contributed by atoms with van der Waals surface area (Å²) in [7, 11) is 1.93. The van der Waals surface area contributed by atoms with E-state index in [-0.39, 0.29) is 0 Å². The first-order chi connectivity index (χ1) is 6.59. The Morgan fingerprint density at radius 2 is 2.07 bits per heavy atom. The summed E-state index contributed by atoms with van der Waals surface area (Å²) < 4.78 is 6.59. The highest BCUT2D eigenvalue weighted by atomic mass is 79.9. The maximum atomic E-state index is 4.34. The van der Waals surface area contributed by atoms with Gasteiger partial charge in [-0.25, -0.2) is 4.98 Å². The molecule has 0 radical (unpaired) electrons. The van der Waals surface area contributed by atoms with E-state index in [0.29, 0.717) is 4.73 Å². The molecule has 0 N–H and O–H groups in total. The zero-order chi connectivity index (χ0) is 10.3. The molecule has 4 nitrogen and oxygen atoms in total. The first-order valence-electron chi connectivity index (χ1n) is 4.09. The summed E-state index contributed by atoms with van der Waals surface area (Å²) in [5.74, 6) is 0. The topological polar surface area (TPSA) is 43.6 Å². The molecule has 74 valence electrons. The molecule has 0 aliphatic rings. The van der Waals surface area contributed by atoms with Crippen molar-refractivity contribution in [3.05, 3.63) is 16.1 Å². The van der Waals surface area contributed by atoms with Gasteiger partial charge in [-0.1, -0.05) is 0 Å². The molecule has 2 heterocycles. The van der Waals surface area contributed by atoms with Crippen LogP contribution >= 0.6 is 27.5 Å². The van der Waals surface area contributed by atoms with Gasteiger partial charge in [0.2, 0.25) is 4.73 Å². The molecule has 0 saturated carbocycles. The van der Waals surface area contributed by atoms with E-state index in [2.05, 4.69) is 30.4 Å². The minimum atomic E-state index is 0.639. The summed E-state index contributed by atoms with van der Waals surface area (Å²) in [6, 6.07) is 0. The summed E-state index contributed by atoms with van der Waals surface area (Å²) in [5.41, 5.74) is 3.20. The van der Waals surface area contributed by atoms with Crippen LogP contribution in [-0.2, 0) is 7.05 Å². The fourth-order valence-electron chi connectivity index (χ4n) is 1.39. The minimum absolute atomic E-state index is 0.639. The van der Waals surface area contributed by atoms with Crippen LogP contribution in [-0.4, -0.2) is 19.1 Å². The van der Waals surface area contributed by atoms with Gasteiger partial charge in [-0.2, -0.15) is 9.47 Å². The molecule has 2 aromatic heterocycles. The predicted octanol–water partition coefficient (Wildman–Crippen LogP) is 2.32. The third kappa shape index (κ3) is 1.48. The molecule has 0 aromatic carbocycles. The van der Waals surface area contributed by atoms with Gasteiger partial charge in [0, 0.05) is 12.7 Å². The van der Waals surface area contributed by atoms with Crippen molar-refractivity contribution >= 4 is 27.5 Å². The summed E-state index contributed by atoms with van der Waals surface area (Å²) in [6.07, 6.45) is 0. The Hall–Kier alpha value is -0.750. The number of aromatic nitrogens is 4. The molecule has 2 aromatic rings. The van der Waals surface area contributed by atoms with Crippen LogP contribution in [0.25, 0.3) is 10.6 Å². The van der Waals surface area contributed by atoms with Crippen molar-refractivity contribution < 1.29 is 0 Å². The third-order valence-electron chi connectivity index (χ3n) is 2.12. The molecule has 2 rings (SSSR count). The smallest absolute Gasteiger partial charge is 0.209 e. The second-order valence-corrected chi connectivity index (χ2v) is 4.50.